The normalized spacial score (nSPS) is 8.91. The molecule has 0 aliphatic rings. The minimum Gasteiger partial charge on any atom is -0.313 e. The molecule has 0 aliphatic heterocycles. The maximum atomic E-state index is 5.60. The van der Waals surface area contributed by atoms with Crippen LogP contribution < -0.4 is 5.32 Å². The highest BCUT2D eigenvalue weighted by Crippen LogP contribution is 2.00. The van der Waals surface area contributed by atoms with E-state index in [2.05, 4.69) is 15.3 Å². The summed E-state index contributed by atoms with van der Waals surface area (Å²) in [5.74, 6) is 0.718. The molecule has 0 fully saturated rings. The van der Waals surface area contributed by atoms with E-state index >= 15 is 0 Å². The number of aromatic nitrogens is 2. The molecular formula is C6H9Cl2N3. The summed E-state index contributed by atoms with van der Waals surface area (Å²) in [5.41, 5.74) is 0. The highest BCUT2D eigenvalue weighted by molar-refractivity contribution is 6.29. The summed E-state index contributed by atoms with van der Waals surface area (Å²) in [7, 11) is 1.84. The zero-order valence-electron chi connectivity index (χ0n) is 6.04. The summed E-state index contributed by atoms with van der Waals surface area (Å²) in [4.78, 5) is 7.93. The fourth-order valence-electron chi connectivity index (χ4n) is 0.618. The third-order valence-corrected chi connectivity index (χ3v) is 1.22. The summed E-state index contributed by atoms with van der Waals surface area (Å²) < 4.78 is 0. The zero-order valence-corrected chi connectivity index (χ0v) is 7.61. The van der Waals surface area contributed by atoms with Gasteiger partial charge in [0.25, 0.3) is 0 Å². The van der Waals surface area contributed by atoms with Gasteiger partial charge in [0.05, 0.1) is 6.54 Å². The summed E-state index contributed by atoms with van der Waals surface area (Å²) in [6.07, 6.45) is 1.64. The van der Waals surface area contributed by atoms with Crippen molar-refractivity contribution in [3.8, 4) is 0 Å². The molecular weight excluding hydrogens is 185 g/mol. The monoisotopic (exact) mass is 193 g/mol. The van der Waals surface area contributed by atoms with Crippen molar-refractivity contribution in [3.63, 3.8) is 0 Å². The fraction of sp³-hybridized carbons (Fsp3) is 0.333. The molecule has 1 aromatic heterocycles. The first-order valence-electron chi connectivity index (χ1n) is 2.95. The molecule has 0 bridgehead atoms. The van der Waals surface area contributed by atoms with E-state index in [0.717, 1.165) is 5.82 Å². The molecule has 0 amide bonds. The lowest BCUT2D eigenvalue weighted by atomic mass is 10.5. The number of rotatable bonds is 2. The second-order valence-corrected chi connectivity index (χ2v) is 2.21. The molecule has 0 aliphatic carbocycles. The molecule has 0 atom stereocenters. The summed E-state index contributed by atoms with van der Waals surface area (Å²) in [6, 6.07) is 1.65. The fourth-order valence-corrected chi connectivity index (χ4v) is 0.771. The number of halogens is 2. The Labute approximate surface area is 76.6 Å². The van der Waals surface area contributed by atoms with E-state index in [-0.39, 0.29) is 12.4 Å². The topological polar surface area (TPSA) is 37.8 Å². The largest absolute Gasteiger partial charge is 0.313 e. The lowest BCUT2D eigenvalue weighted by Gasteiger charge is -1.96. The van der Waals surface area contributed by atoms with Crippen LogP contribution in [0.5, 0.6) is 0 Å². The lowest BCUT2D eigenvalue weighted by molar-refractivity contribution is 0.758. The first-order valence-corrected chi connectivity index (χ1v) is 3.33. The van der Waals surface area contributed by atoms with E-state index in [9.17, 15) is 0 Å². The molecule has 1 rings (SSSR count). The van der Waals surface area contributed by atoms with Crippen LogP contribution in [0.2, 0.25) is 5.15 Å². The minimum absolute atomic E-state index is 0. The molecule has 0 spiro atoms. The van der Waals surface area contributed by atoms with Crippen molar-refractivity contribution >= 4 is 24.0 Å². The van der Waals surface area contributed by atoms with Crippen molar-refractivity contribution in [2.75, 3.05) is 7.05 Å². The Morgan fingerprint density at radius 3 is 2.91 bits per heavy atom. The van der Waals surface area contributed by atoms with Crippen molar-refractivity contribution in [2.24, 2.45) is 0 Å². The van der Waals surface area contributed by atoms with Gasteiger partial charge in [-0.3, -0.25) is 0 Å². The van der Waals surface area contributed by atoms with Gasteiger partial charge in [-0.25, -0.2) is 9.97 Å². The SMILES string of the molecule is CNCc1nccc(Cl)n1.Cl. The Hall–Kier alpha value is -0.380. The van der Waals surface area contributed by atoms with Crippen LogP contribution in [0, 0.1) is 0 Å². The van der Waals surface area contributed by atoms with Crippen LogP contribution in [0.4, 0.5) is 0 Å². The Kier molecular flexibility index (Phi) is 5.11. The smallest absolute Gasteiger partial charge is 0.143 e. The van der Waals surface area contributed by atoms with Crippen molar-refractivity contribution in [1.29, 1.82) is 0 Å². The molecule has 0 saturated carbocycles. The first-order chi connectivity index (χ1) is 4.83. The van der Waals surface area contributed by atoms with Gasteiger partial charge in [0.2, 0.25) is 0 Å². The van der Waals surface area contributed by atoms with Crippen molar-refractivity contribution < 1.29 is 0 Å². The summed E-state index contributed by atoms with van der Waals surface area (Å²) in [6.45, 7) is 0.653. The van der Waals surface area contributed by atoms with Gasteiger partial charge in [0, 0.05) is 6.20 Å². The third-order valence-electron chi connectivity index (χ3n) is 1.01. The Morgan fingerprint density at radius 1 is 1.64 bits per heavy atom. The molecule has 3 nitrogen and oxygen atoms in total. The average Bonchev–Trinajstić information content (AvgIpc) is 1.88. The predicted molar refractivity (Wildman–Crippen MR) is 47.1 cm³/mol. The molecule has 0 aromatic carbocycles. The van der Waals surface area contributed by atoms with Crippen LogP contribution in [-0.2, 0) is 6.54 Å². The van der Waals surface area contributed by atoms with Gasteiger partial charge in [0.1, 0.15) is 11.0 Å². The lowest BCUT2D eigenvalue weighted by Crippen LogP contribution is -2.08. The molecule has 62 valence electrons. The van der Waals surface area contributed by atoms with Gasteiger partial charge >= 0.3 is 0 Å². The van der Waals surface area contributed by atoms with Gasteiger partial charge in [-0.15, -0.1) is 12.4 Å². The first kappa shape index (κ1) is 10.6. The second-order valence-electron chi connectivity index (χ2n) is 1.83. The van der Waals surface area contributed by atoms with Gasteiger partial charge in [-0.1, -0.05) is 11.6 Å². The average molecular weight is 194 g/mol. The van der Waals surface area contributed by atoms with E-state index in [1.807, 2.05) is 7.05 Å². The molecule has 0 saturated heterocycles. The molecule has 1 heterocycles. The molecule has 5 heteroatoms. The Balaban J connectivity index is 0.000001000. The number of hydrogen-bond acceptors (Lipinski definition) is 3. The number of nitrogens with zero attached hydrogens (tertiary/aromatic N) is 2. The Morgan fingerprint density at radius 2 is 2.36 bits per heavy atom. The summed E-state index contributed by atoms with van der Waals surface area (Å²) in [5, 5.41) is 3.41. The van der Waals surface area contributed by atoms with Crippen molar-refractivity contribution in [3.05, 3.63) is 23.2 Å². The van der Waals surface area contributed by atoms with Crippen molar-refractivity contribution in [2.45, 2.75) is 6.54 Å². The second kappa shape index (κ2) is 5.29. The van der Waals surface area contributed by atoms with E-state index < -0.39 is 0 Å². The van der Waals surface area contributed by atoms with Gasteiger partial charge in [-0.2, -0.15) is 0 Å². The molecule has 0 radical (unpaired) electrons. The summed E-state index contributed by atoms with van der Waals surface area (Å²) >= 11 is 5.60. The molecule has 11 heavy (non-hydrogen) atoms. The van der Waals surface area contributed by atoms with Crippen LogP contribution in [0.15, 0.2) is 12.3 Å². The maximum absolute atomic E-state index is 5.60. The van der Waals surface area contributed by atoms with Crippen molar-refractivity contribution in [1.82, 2.24) is 15.3 Å². The number of hydrogen-bond donors (Lipinski definition) is 1. The standard InChI is InChI=1S/C6H8ClN3.ClH/c1-8-4-6-9-3-2-5(7)10-6;/h2-3,8H,4H2,1H3;1H. The van der Waals surface area contributed by atoms with Crippen LogP contribution in [0.25, 0.3) is 0 Å². The van der Waals surface area contributed by atoms with Crippen LogP contribution in [0.3, 0.4) is 0 Å². The highest BCUT2D eigenvalue weighted by Gasteiger charge is 1.93. The molecule has 0 unspecified atom stereocenters. The van der Waals surface area contributed by atoms with Gasteiger partial charge < -0.3 is 5.32 Å². The maximum Gasteiger partial charge on any atom is 0.143 e. The number of nitrogens with one attached hydrogen (secondary N) is 1. The Bertz CT molecular complexity index is 217. The quantitative estimate of drug-likeness (QED) is 0.720. The van der Waals surface area contributed by atoms with E-state index in [1.54, 1.807) is 12.3 Å². The van der Waals surface area contributed by atoms with Crippen LogP contribution in [-0.4, -0.2) is 17.0 Å². The third kappa shape index (κ3) is 3.51. The van der Waals surface area contributed by atoms with Gasteiger partial charge in [0.15, 0.2) is 0 Å². The highest BCUT2D eigenvalue weighted by atomic mass is 35.5. The van der Waals surface area contributed by atoms with Crippen LogP contribution in [0.1, 0.15) is 5.82 Å². The van der Waals surface area contributed by atoms with Gasteiger partial charge in [-0.05, 0) is 13.1 Å². The van der Waals surface area contributed by atoms with E-state index in [0.29, 0.717) is 11.7 Å². The van der Waals surface area contributed by atoms with E-state index in [4.69, 9.17) is 11.6 Å². The molecule has 1 N–H and O–H groups in total. The van der Waals surface area contributed by atoms with E-state index in [1.165, 1.54) is 0 Å². The predicted octanol–water partition coefficient (Wildman–Crippen LogP) is 1.27. The van der Waals surface area contributed by atoms with Crippen LogP contribution >= 0.6 is 24.0 Å². The molecule has 1 aromatic rings. The zero-order chi connectivity index (χ0) is 7.40. The minimum atomic E-state index is 0.